The quantitative estimate of drug-likeness (QED) is 0.601. The van der Waals surface area contributed by atoms with Crippen LogP contribution in [0.3, 0.4) is 0 Å². The van der Waals surface area contributed by atoms with Gasteiger partial charge in [-0.15, -0.1) is 0 Å². The molecule has 2 aliphatic rings. The number of aliphatic hydroxyl groups is 3. The van der Waals surface area contributed by atoms with E-state index >= 15 is 0 Å². The normalized spacial score (nSPS) is 35.7. The van der Waals surface area contributed by atoms with Crippen molar-refractivity contribution in [3.05, 3.63) is 11.6 Å². The first kappa shape index (κ1) is 19.4. The average Bonchev–Trinajstić information content (AvgIpc) is 2.46. The van der Waals surface area contributed by atoms with Gasteiger partial charge in [0.05, 0.1) is 18.3 Å². The highest BCUT2D eigenvalue weighted by atomic mass is 16.4. The summed E-state index contributed by atoms with van der Waals surface area (Å²) in [4.78, 5) is 10.5. The summed E-state index contributed by atoms with van der Waals surface area (Å²) >= 11 is 0. The van der Waals surface area contributed by atoms with E-state index in [1.54, 1.807) is 0 Å². The van der Waals surface area contributed by atoms with Gasteiger partial charge in [0.2, 0.25) is 0 Å². The number of carboxylic acid groups (broad SMARTS) is 1. The predicted molar refractivity (Wildman–Crippen MR) is 88.7 cm³/mol. The largest absolute Gasteiger partial charge is 0.550 e. The fourth-order valence-electron chi connectivity index (χ4n) is 4.53. The molecule has 2 rings (SSSR count). The zero-order valence-electron chi connectivity index (χ0n) is 14.7. The molecule has 5 nitrogen and oxygen atoms in total. The SMILES string of the molecule is C[C@@H]1CC[C@H]2C(=C[C@@H](O)[C@H](C)[C@@H]2CC[C@@H](O)C[C@@H](O)CC(=O)[O-])C1. The van der Waals surface area contributed by atoms with Crippen molar-refractivity contribution in [2.24, 2.45) is 23.7 Å². The fourth-order valence-corrected chi connectivity index (χ4v) is 4.53. The van der Waals surface area contributed by atoms with Gasteiger partial charge in [0.25, 0.3) is 0 Å². The maximum absolute atomic E-state index is 10.5. The van der Waals surface area contributed by atoms with Gasteiger partial charge in [-0.05, 0) is 62.2 Å². The van der Waals surface area contributed by atoms with E-state index in [1.165, 1.54) is 12.0 Å². The molecule has 0 bridgehead atoms. The Balaban J connectivity index is 1.90. The van der Waals surface area contributed by atoms with Crippen molar-refractivity contribution < 1.29 is 25.2 Å². The monoisotopic (exact) mass is 339 g/mol. The van der Waals surface area contributed by atoms with Crippen LogP contribution in [-0.4, -0.2) is 39.6 Å². The highest BCUT2D eigenvalue weighted by molar-refractivity contribution is 5.64. The molecule has 0 aromatic carbocycles. The van der Waals surface area contributed by atoms with Crippen molar-refractivity contribution in [3.8, 4) is 0 Å². The van der Waals surface area contributed by atoms with Gasteiger partial charge in [-0.25, -0.2) is 0 Å². The lowest BCUT2D eigenvalue weighted by Crippen LogP contribution is -2.38. The molecule has 0 aromatic heterocycles. The van der Waals surface area contributed by atoms with E-state index in [0.717, 1.165) is 19.3 Å². The number of hydrogen-bond donors (Lipinski definition) is 3. The molecule has 0 spiro atoms. The summed E-state index contributed by atoms with van der Waals surface area (Å²) in [5, 5.41) is 40.5. The summed E-state index contributed by atoms with van der Waals surface area (Å²) in [6.07, 6.45) is 4.15. The van der Waals surface area contributed by atoms with Gasteiger partial charge in [0, 0.05) is 12.4 Å². The van der Waals surface area contributed by atoms with Crippen molar-refractivity contribution in [3.63, 3.8) is 0 Å². The third-order valence-electron chi connectivity index (χ3n) is 5.93. The minimum absolute atomic E-state index is 0.0576. The summed E-state index contributed by atoms with van der Waals surface area (Å²) in [5.41, 5.74) is 1.37. The third-order valence-corrected chi connectivity index (χ3v) is 5.93. The van der Waals surface area contributed by atoms with E-state index in [2.05, 4.69) is 13.8 Å². The first-order valence-corrected chi connectivity index (χ1v) is 9.22. The minimum Gasteiger partial charge on any atom is -0.550 e. The molecule has 5 heteroatoms. The summed E-state index contributed by atoms with van der Waals surface area (Å²) in [7, 11) is 0. The number of hydrogen-bond acceptors (Lipinski definition) is 5. The van der Waals surface area contributed by atoms with E-state index in [-0.39, 0.29) is 12.3 Å². The Bertz CT molecular complexity index is 461. The highest BCUT2D eigenvalue weighted by Crippen LogP contribution is 2.46. The van der Waals surface area contributed by atoms with Crippen LogP contribution >= 0.6 is 0 Å². The van der Waals surface area contributed by atoms with Crippen LogP contribution in [-0.2, 0) is 4.79 Å². The summed E-state index contributed by atoms with van der Waals surface area (Å²) in [6, 6.07) is 0. The molecule has 0 amide bonds. The molecule has 2 aliphatic carbocycles. The van der Waals surface area contributed by atoms with E-state index in [9.17, 15) is 25.2 Å². The van der Waals surface area contributed by atoms with Gasteiger partial charge in [-0.2, -0.15) is 0 Å². The lowest BCUT2D eigenvalue weighted by Gasteiger charge is -2.43. The Morgan fingerprint density at radius 3 is 2.67 bits per heavy atom. The van der Waals surface area contributed by atoms with Gasteiger partial charge in [-0.3, -0.25) is 0 Å². The van der Waals surface area contributed by atoms with Crippen molar-refractivity contribution >= 4 is 5.97 Å². The molecule has 0 aliphatic heterocycles. The number of allylic oxidation sites excluding steroid dienone is 1. The number of carbonyl (C=O) groups excluding carboxylic acids is 1. The molecule has 0 radical (unpaired) electrons. The molecule has 1 saturated carbocycles. The van der Waals surface area contributed by atoms with Gasteiger partial charge < -0.3 is 25.2 Å². The molecule has 1 fully saturated rings. The molecule has 24 heavy (non-hydrogen) atoms. The number of carbonyl (C=O) groups is 1. The lowest BCUT2D eigenvalue weighted by molar-refractivity contribution is -0.307. The van der Waals surface area contributed by atoms with Crippen LogP contribution in [0, 0.1) is 23.7 Å². The predicted octanol–water partition coefficient (Wildman–Crippen LogP) is 1.01. The summed E-state index contributed by atoms with van der Waals surface area (Å²) in [5.74, 6) is 0.344. The number of carboxylic acids is 1. The van der Waals surface area contributed by atoms with Crippen molar-refractivity contribution in [1.29, 1.82) is 0 Å². The molecular formula is C19H31O5-. The number of aliphatic carboxylic acids is 1. The van der Waals surface area contributed by atoms with Crippen LogP contribution in [0.1, 0.15) is 58.8 Å². The summed E-state index contributed by atoms with van der Waals surface area (Å²) < 4.78 is 0. The van der Waals surface area contributed by atoms with Gasteiger partial charge >= 0.3 is 0 Å². The maximum Gasteiger partial charge on any atom is 0.0752 e. The van der Waals surface area contributed by atoms with Crippen molar-refractivity contribution in [2.45, 2.75) is 77.1 Å². The van der Waals surface area contributed by atoms with Crippen LogP contribution in [0.15, 0.2) is 11.6 Å². The van der Waals surface area contributed by atoms with Crippen LogP contribution in [0.4, 0.5) is 0 Å². The number of fused-ring (bicyclic) bond motifs is 1. The third kappa shape index (κ3) is 5.04. The Labute approximate surface area is 144 Å². The molecule has 0 unspecified atom stereocenters. The minimum atomic E-state index is -1.30. The van der Waals surface area contributed by atoms with Gasteiger partial charge in [0.1, 0.15) is 0 Å². The highest BCUT2D eigenvalue weighted by Gasteiger charge is 2.39. The second-order valence-electron chi connectivity index (χ2n) is 7.95. The molecule has 138 valence electrons. The van der Waals surface area contributed by atoms with Crippen molar-refractivity contribution in [1.82, 2.24) is 0 Å². The Hall–Kier alpha value is -0.910. The van der Waals surface area contributed by atoms with Crippen molar-refractivity contribution in [2.75, 3.05) is 0 Å². The first-order valence-electron chi connectivity index (χ1n) is 9.22. The Kier molecular flexibility index (Phi) is 6.84. The topological polar surface area (TPSA) is 101 Å². The molecular weight excluding hydrogens is 308 g/mol. The summed E-state index contributed by atoms with van der Waals surface area (Å²) in [6.45, 7) is 4.32. The molecule has 0 heterocycles. The number of aliphatic hydroxyl groups excluding tert-OH is 3. The molecule has 0 aromatic rings. The molecule has 0 saturated heterocycles. The first-order chi connectivity index (χ1) is 11.3. The lowest BCUT2D eigenvalue weighted by atomic mass is 9.63. The van der Waals surface area contributed by atoms with Crippen LogP contribution in [0.2, 0.25) is 0 Å². The van der Waals surface area contributed by atoms with E-state index in [0.29, 0.717) is 24.2 Å². The van der Waals surface area contributed by atoms with Gasteiger partial charge in [-0.1, -0.05) is 25.5 Å². The maximum atomic E-state index is 10.5. The van der Waals surface area contributed by atoms with Crippen LogP contribution in [0.25, 0.3) is 0 Å². The Morgan fingerprint density at radius 1 is 1.29 bits per heavy atom. The zero-order valence-corrected chi connectivity index (χ0v) is 14.7. The second-order valence-corrected chi connectivity index (χ2v) is 7.95. The standard InChI is InChI=1S/C19H32O5/c1-11-3-5-17-13(7-11)8-18(22)12(2)16(17)6-4-14(20)9-15(21)10-19(23)24/h8,11-12,14-18,20-22H,3-7,9-10H2,1-2H3,(H,23,24)/p-1/t11-,12-,14-,15-,16+,17+,18-/m1/s1. The molecule has 7 atom stereocenters. The molecule has 3 N–H and O–H groups in total. The van der Waals surface area contributed by atoms with Crippen LogP contribution in [0.5, 0.6) is 0 Å². The zero-order chi connectivity index (χ0) is 17.9. The number of rotatable bonds is 7. The second kappa shape index (κ2) is 8.45. The van der Waals surface area contributed by atoms with Gasteiger partial charge in [0.15, 0.2) is 0 Å². The smallest absolute Gasteiger partial charge is 0.0752 e. The van der Waals surface area contributed by atoms with E-state index < -0.39 is 30.7 Å². The average molecular weight is 339 g/mol. The van der Waals surface area contributed by atoms with Crippen LogP contribution < -0.4 is 5.11 Å². The van der Waals surface area contributed by atoms with E-state index in [1.807, 2.05) is 6.08 Å². The van der Waals surface area contributed by atoms with E-state index in [4.69, 9.17) is 0 Å². The Morgan fingerprint density at radius 2 is 2.00 bits per heavy atom. The fraction of sp³-hybridized carbons (Fsp3) is 0.842.